The van der Waals surface area contributed by atoms with E-state index in [1.54, 1.807) is 12.1 Å². The summed E-state index contributed by atoms with van der Waals surface area (Å²) >= 11 is 0. The lowest BCUT2D eigenvalue weighted by molar-refractivity contribution is -0.384. The lowest BCUT2D eigenvalue weighted by Gasteiger charge is -2.32. The van der Waals surface area contributed by atoms with Crippen LogP contribution in [0.3, 0.4) is 0 Å². The minimum Gasteiger partial charge on any atom is -0.366 e. The van der Waals surface area contributed by atoms with Gasteiger partial charge in [0.25, 0.3) is 5.69 Å². The second kappa shape index (κ2) is 7.18. The first-order valence-corrected chi connectivity index (χ1v) is 10.3. The molecule has 0 unspecified atom stereocenters. The number of carbonyl (C=O) groups excluding carboxylic acids is 2. The average Bonchev–Trinajstić information content (AvgIpc) is 2.91. The van der Waals surface area contributed by atoms with E-state index in [0.29, 0.717) is 23.2 Å². The fourth-order valence-electron chi connectivity index (χ4n) is 5.12. The highest BCUT2D eigenvalue weighted by molar-refractivity contribution is 6.22. The Bertz CT molecular complexity index is 824. The number of imide groups is 1. The van der Waals surface area contributed by atoms with E-state index in [0.717, 1.165) is 45.2 Å². The van der Waals surface area contributed by atoms with Crippen molar-refractivity contribution < 1.29 is 14.5 Å². The fourth-order valence-corrected chi connectivity index (χ4v) is 5.12. The molecule has 2 saturated heterocycles. The summed E-state index contributed by atoms with van der Waals surface area (Å²) in [5.74, 6) is -0.0373. The zero-order chi connectivity index (χ0) is 20.0. The summed E-state index contributed by atoms with van der Waals surface area (Å²) in [4.78, 5) is 40.4. The van der Waals surface area contributed by atoms with E-state index in [9.17, 15) is 19.7 Å². The molecule has 0 aromatic heterocycles. The number of fused-ring (bicyclic) bond motifs is 1. The lowest BCUT2D eigenvalue weighted by atomic mass is 9.76. The van der Waals surface area contributed by atoms with Crippen molar-refractivity contribution in [1.29, 1.82) is 0 Å². The first kappa shape index (κ1) is 18.9. The Morgan fingerprint density at radius 2 is 1.79 bits per heavy atom. The molecule has 0 radical (unpaired) electrons. The van der Waals surface area contributed by atoms with Crippen molar-refractivity contribution in [3.05, 3.63) is 28.3 Å². The Balaban J connectivity index is 1.67. The van der Waals surface area contributed by atoms with Crippen molar-refractivity contribution >= 4 is 28.9 Å². The number of carbonyl (C=O) groups is 2. The molecule has 1 saturated carbocycles. The Hall–Kier alpha value is -2.44. The summed E-state index contributed by atoms with van der Waals surface area (Å²) in [6.07, 6.45) is 4.52. The molecule has 3 aliphatic rings. The Kier molecular flexibility index (Phi) is 4.85. The van der Waals surface area contributed by atoms with Gasteiger partial charge in [-0.05, 0) is 56.1 Å². The van der Waals surface area contributed by atoms with Crippen LogP contribution in [0.4, 0.5) is 17.1 Å². The van der Waals surface area contributed by atoms with Gasteiger partial charge in [0, 0.05) is 19.2 Å². The quantitative estimate of drug-likeness (QED) is 0.449. The smallest absolute Gasteiger partial charge is 0.294 e. The second-order valence-electron chi connectivity index (χ2n) is 8.77. The zero-order valence-corrected chi connectivity index (χ0v) is 16.5. The summed E-state index contributed by atoms with van der Waals surface area (Å²) < 4.78 is 0. The molecular formula is C21H27N3O4. The Labute approximate surface area is 164 Å². The third-order valence-corrected chi connectivity index (χ3v) is 6.60. The summed E-state index contributed by atoms with van der Waals surface area (Å²) in [5, 5.41) is 11.8. The predicted molar refractivity (Wildman–Crippen MR) is 106 cm³/mol. The summed E-state index contributed by atoms with van der Waals surface area (Å²) in [6, 6.07) is 4.81. The largest absolute Gasteiger partial charge is 0.366 e. The molecular weight excluding hydrogens is 358 g/mol. The molecule has 7 nitrogen and oxygen atoms in total. The number of benzene rings is 1. The summed E-state index contributed by atoms with van der Waals surface area (Å²) in [5.41, 5.74) is 0.874. The van der Waals surface area contributed by atoms with Crippen molar-refractivity contribution in [2.24, 2.45) is 23.7 Å². The number of amides is 2. The van der Waals surface area contributed by atoms with Crippen molar-refractivity contribution in [3.8, 4) is 0 Å². The normalized spacial score (nSPS) is 30.5. The number of nitrogens with zero attached hydrogens (tertiary/aromatic N) is 3. The van der Waals surface area contributed by atoms with Crippen molar-refractivity contribution in [2.75, 3.05) is 22.9 Å². The highest BCUT2D eigenvalue weighted by atomic mass is 16.6. The van der Waals surface area contributed by atoms with Crippen LogP contribution in [0.1, 0.15) is 46.0 Å². The first-order chi connectivity index (χ1) is 13.4. The van der Waals surface area contributed by atoms with E-state index < -0.39 is 4.92 Å². The zero-order valence-electron chi connectivity index (χ0n) is 16.5. The van der Waals surface area contributed by atoms with Crippen LogP contribution in [-0.4, -0.2) is 29.8 Å². The van der Waals surface area contributed by atoms with Crippen molar-refractivity contribution in [2.45, 2.75) is 46.0 Å². The molecule has 0 spiro atoms. The lowest BCUT2D eigenvalue weighted by Crippen LogP contribution is -2.35. The van der Waals surface area contributed by atoms with Crippen molar-refractivity contribution in [3.63, 3.8) is 0 Å². The van der Waals surface area contributed by atoms with Gasteiger partial charge in [-0.15, -0.1) is 0 Å². The highest BCUT2D eigenvalue weighted by Crippen LogP contribution is 2.43. The van der Waals surface area contributed by atoms with Gasteiger partial charge < -0.3 is 4.90 Å². The average molecular weight is 385 g/mol. The van der Waals surface area contributed by atoms with Crippen LogP contribution in [0.2, 0.25) is 0 Å². The molecule has 0 bridgehead atoms. The minimum absolute atomic E-state index is 0.0320. The molecule has 2 aliphatic heterocycles. The molecule has 28 heavy (non-hydrogen) atoms. The van der Waals surface area contributed by atoms with Crippen molar-refractivity contribution in [1.82, 2.24) is 0 Å². The van der Waals surface area contributed by atoms with Crippen LogP contribution in [0.15, 0.2) is 18.2 Å². The third kappa shape index (κ3) is 3.16. The van der Waals surface area contributed by atoms with E-state index in [1.165, 1.54) is 11.0 Å². The number of piperidine rings is 1. The van der Waals surface area contributed by atoms with Crippen LogP contribution in [0, 0.1) is 33.8 Å². The summed E-state index contributed by atoms with van der Waals surface area (Å²) in [6.45, 7) is 5.82. The maximum absolute atomic E-state index is 12.9. The third-order valence-electron chi connectivity index (χ3n) is 6.60. The number of nitro groups is 1. The van der Waals surface area contributed by atoms with E-state index in [2.05, 4.69) is 13.8 Å². The molecule has 0 N–H and O–H groups in total. The standard InChI is InChI=1S/C21H27N3O4/c1-13-5-7-16-17(10-13)21(26)23(20(16)25)15-6-8-18(19(11-15)24(27)28)22-9-3-4-14(2)12-22/h6,8,11,13-14,16-17H,3-5,7,9-10,12H2,1-2H3/t13-,14+,16+,17+/m1/s1. The molecule has 7 heteroatoms. The van der Waals surface area contributed by atoms with Gasteiger partial charge in [-0.1, -0.05) is 13.8 Å². The summed E-state index contributed by atoms with van der Waals surface area (Å²) in [7, 11) is 0. The van der Waals surface area contributed by atoms with Crippen LogP contribution in [-0.2, 0) is 9.59 Å². The predicted octanol–water partition coefficient (Wildman–Crippen LogP) is 3.76. The SMILES string of the molecule is C[C@@H]1CC[C@@H]2C(=O)N(c3ccc(N4CCC[C@H](C)C4)c([N+](=O)[O-])c3)C(=O)[C@H]2C1. The van der Waals surface area contributed by atoms with Gasteiger partial charge in [-0.3, -0.25) is 19.7 Å². The maximum Gasteiger partial charge on any atom is 0.294 e. The molecule has 4 atom stereocenters. The van der Waals surface area contributed by atoms with Gasteiger partial charge in [0.05, 0.1) is 22.4 Å². The molecule has 4 rings (SSSR count). The van der Waals surface area contributed by atoms with E-state index in [4.69, 9.17) is 0 Å². The van der Waals surface area contributed by atoms with Crippen LogP contribution < -0.4 is 9.80 Å². The maximum atomic E-state index is 12.9. The highest BCUT2D eigenvalue weighted by Gasteiger charge is 2.50. The number of anilines is 2. The molecule has 2 heterocycles. The van der Waals surface area contributed by atoms with Gasteiger partial charge in [0.2, 0.25) is 11.8 Å². The van der Waals surface area contributed by atoms with Gasteiger partial charge in [-0.25, -0.2) is 4.90 Å². The van der Waals surface area contributed by atoms with Crippen LogP contribution in [0.25, 0.3) is 0 Å². The Morgan fingerprint density at radius 3 is 2.50 bits per heavy atom. The van der Waals surface area contributed by atoms with E-state index in [1.807, 2.05) is 4.90 Å². The number of rotatable bonds is 3. The van der Waals surface area contributed by atoms with Gasteiger partial charge in [0.15, 0.2) is 0 Å². The number of hydrogen-bond donors (Lipinski definition) is 0. The number of hydrogen-bond acceptors (Lipinski definition) is 5. The second-order valence-corrected chi connectivity index (χ2v) is 8.77. The topological polar surface area (TPSA) is 83.8 Å². The van der Waals surface area contributed by atoms with Gasteiger partial charge in [0.1, 0.15) is 5.69 Å². The van der Waals surface area contributed by atoms with Crippen LogP contribution in [0.5, 0.6) is 0 Å². The molecule has 1 aliphatic carbocycles. The molecule has 3 fully saturated rings. The number of nitro benzene ring substituents is 1. The molecule has 1 aromatic rings. The monoisotopic (exact) mass is 385 g/mol. The van der Waals surface area contributed by atoms with E-state index in [-0.39, 0.29) is 29.3 Å². The van der Waals surface area contributed by atoms with Crippen LogP contribution >= 0.6 is 0 Å². The first-order valence-electron chi connectivity index (χ1n) is 10.3. The fraction of sp³-hybridized carbons (Fsp3) is 0.619. The molecule has 150 valence electrons. The molecule has 2 amide bonds. The van der Waals surface area contributed by atoms with Gasteiger partial charge >= 0.3 is 0 Å². The Morgan fingerprint density at radius 1 is 1.04 bits per heavy atom. The minimum atomic E-state index is -0.405. The molecule has 1 aromatic carbocycles. The van der Waals surface area contributed by atoms with Gasteiger partial charge in [-0.2, -0.15) is 0 Å². The van der Waals surface area contributed by atoms with E-state index >= 15 is 0 Å².